The molecule has 7 nitrogen and oxygen atoms in total. The van der Waals surface area contributed by atoms with Crippen LogP contribution < -0.4 is 0 Å². The zero-order valence-electron chi connectivity index (χ0n) is 14.9. The molecule has 4 rings (SSSR count). The fourth-order valence-corrected chi connectivity index (χ4v) is 4.26. The number of amides is 1. The van der Waals surface area contributed by atoms with Gasteiger partial charge in [0.15, 0.2) is 0 Å². The molecule has 1 aromatic carbocycles. The molecule has 27 heavy (non-hydrogen) atoms. The first-order valence-corrected chi connectivity index (χ1v) is 9.98. The van der Waals surface area contributed by atoms with Gasteiger partial charge in [0.1, 0.15) is 17.6 Å². The number of carbonyl (C=O) groups excluding carboxylic acids is 1. The van der Waals surface area contributed by atoms with Crippen LogP contribution in [0.2, 0.25) is 0 Å². The monoisotopic (exact) mass is 383 g/mol. The summed E-state index contributed by atoms with van der Waals surface area (Å²) in [5.41, 5.74) is 0.964. The van der Waals surface area contributed by atoms with Gasteiger partial charge in [-0.25, -0.2) is 4.68 Å². The molecule has 140 valence electrons. The Hall–Kier alpha value is -2.61. The standard InChI is InChI=1S/C19H21N5O2S/c25-18(23-11-5-2-6-12-23)17(15-8-3-1-4-9-15)27-19-20-21-22-24(19)14-16-10-7-13-26-16/h1,3-4,7-10,13,17H,2,5-6,11-12,14H2/t17-/m1/s1. The van der Waals surface area contributed by atoms with Crippen LogP contribution in [0.3, 0.4) is 0 Å². The maximum atomic E-state index is 13.3. The summed E-state index contributed by atoms with van der Waals surface area (Å²) < 4.78 is 7.06. The first kappa shape index (κ1) is 17.8. The predicted molar refractivity (Wildman–Crippen MR) is 101 cm³/mol. The van der Waals surface area contributed by atoms with Crippen LogP contribution in [0, 0.1) is 0 Å². The third-order valence-corrected chi connectivity index (χ3v) is 5.82. The molecule has 0 spiro atoms. The molecule has 1 atom stereocenters. The summed E-state index contributed by atoms with van der Waals surface area (Å²) in [6.07, 6.45) is 4.94. The van der Waals surface area contributed by atoms with E-state index in [1.54, 1.807) is 10.9 Å². The van der Waals surface area contributed by atoms with Gasteiger partial charge in [-0.3, -0.25) is 4.79 Å². The Morgan fingerprint density at radius 2 is 1.93 bits per heavy atom. The van der Waals surface area contributed by atoms with Crippen LogP contribution in [0.25, 0.3) is 0 Å². The quantitative estimate of drug-likeness (QED) is 0.609. The summed E-state index contributed by atoms with van der Waals surface area (Å²) in [5.74, 6) is 0.890. The van der Waals surface area contributed by atoms with Gasteiger partial charge in [-0.05, 0) is 47.4 Å². The van der Waals surface area contributed by atoms with Gasteiger partial charge in [0.2, 0.25) is 11.1 Å². The molecule has 1 fully saturated rings. The van der Waals surface area contributed by atoms with Crippen molar-refractivity contribution in [2.24, 2.45) is 0 Å². The number of hydrogen-bond donors (Lipinski definition) is 0. The van der Waals surface area contributed by atoms with Crippen LogP contribution in [0.1, 0.15) is 35.8 Å². The maximum absolute atomic E-state index is 13.3. The van der Waals surface area contributed by atoms with Gasteiger partial charge in [-0.2, -0.15) is 0 Å². The molecule has 1 amide bonds. The molecular weight excluding hydrogens is 362 g/mol. The Morgan fingerprint density at radius 3 is 2.67 bits per heavy atom. The number of aromatic nitrogens is 4. The third-order valence-electron chi connectivity index (χ3n) is 4.60. The van der Waals surface area contributed by atoms with E-state index in [9.17, 15) is 4.79 Å². The minimum Gasteiger partial charge on any atom is -0.467 e. The van der Waals surface area contributed by atoms with E-state index in [1.165, 1.54) is 18.2 Å². The van der Waals surface area contributed by atoms with Crippen molar-refractivity contribution in [1.82, 2.24) is 25.1 Å². The van der Waals surface area contributed by atoms with E-state index in [-0.39, 0.29) is 11.2 Å². The fourth-order valence-electron chi connectivity index (χ4n) is 3.20. The van der Waals surface area contributed by atoms with Gasteiger partial charge in [0, 0.05) is 13.1 Å². The fraction of sp³-hybridized carbons (Fsp3) is 0.368. The average Bonchev–Trinajstić information content (AvgIpc) is 3.39. The number of carbonyl (C=O) groups is 1. The van der Waals surface area contributed by atoms with Gasteiger partial charge in [0.05, 0.1) is 6.26 Å². The second kappa shape index (κ2) is 8.39. The second-order valence-electron chi connectivity index (χ2n) is 6.49. The lowest BCUT2D eigenvalue weighted by Crippen LogP contribution is -2.38. The molecular formula is C19H21N5O2S. The molecule has 0 N–H and O–H groups in total. The summed E-state index contributed by atoms with van der Waals surface area (Å²) in [6, 6.07) is 13.6. The van der Waals surface area contributed by atoms with Crippen LogP contribution >= 0.6 is 11.8 Å². The van der Waals surface area contributed by atoms with Crippen molar-refractivity contribution in [3.8, 4) is 0 Å². The van der Waals surface area contributed by atoms with Crippen molar-refractivity contribution in [2.45, 2.75) is 36.2 Å². The van der Waals surface area contributed by atoms with Gasteiger partial charge in [0.25, 0.3) is 0 Å². The number of thioether (sulfide) groups is 1. The second-order valence-corrected chi connectivity index (χ2v) is 7.57. The summed E-state index contributed by atoms with van der Waals surface area (Å²) in [7, 11) is 0. The first-order valence-electron chi connectivity index (χ1n) is 9.10. The molecule has 8 heteroatoms. The molecule has 0 bridgehead atoms. The highest BCUT2D eigenvalue weighted by atomic mass is 32.2. The summed E-state index contributed by atoms with van der Waals surface area (Å²) in [4.78, 5) is 15.2. The van der Waals surface area contributed by atoms with E-state index in [1.807, 2.05) is 47.4 Å². The Balaban J connectivity index is 1.58. The number of benzene rings is 1. The number of hydrogen-bond acceptors (Lipinski definition) is 6. The highest BCUT2D eigenvalue weighted by Crippen LogP contribution is 2.36. The molecule has 0 unspecified atom stereocenters. The molecule has 3 aromatic rings. The van der Waals surface area contributed by atoms with E-state index in [4.69, 9.17) is 4.42 Å². The van der Waals surface area contributed by atoms with Gasteiger partial charge in [-0.15, -0.1) is 5.10 Å². The van der Waals surface area contributed by atoms with Gasteiger partial charge in [-0.1, -0.05) is 42.1 Å². The minimum atomic E-state index is -0.370. The van der Waals surface area contributed by atoms with Gasteiger partial charge < -0.3 is 9.32 Å². The number of piperidine rings is 1. The van der Waals surface area contributed by atoms with Crippen molar-refractivity contribution in [2.75, 3.05) is 13.1 Å². The van der Waals surface area contributed by atoms with Crippen molar-refractivity contribution in [3.05, 3.63) is 60.1 Å². The largest absolute Gasteiger partial charge is 0.467 e. The lowest BCUT2D eigenvalue weighted by Gasteiger charge is -2.30. The normalized spacial score (nSPS) is 15.6. The maximum Gasteiger partial charge on any atom is 0.240 e. The topological polar surface area (TPSA) is 77.0 Å². The molecule has 1 aliphatic heterocycles. The number of furan rings is 1. The molecule has 1 aliphatic rings. The number of likely N-dealkylation sites (tertiary alicyclic amines) is 1. The lowest BCUT2D eigenvalue weighted by molar-refractivity contribution is -0.131. The van der Waals surface area contributed by atoms with Gasteiger partial charge >= 0.3 is 0 Å². The summed E-state index contributed by atoms with van der Waals surface area (Å²) in [6.45, 7) is 2.07. The Labute approximate surface area is 161 Å². The van der Waals surface area contributed by atoms with Crippen LogP contribution in [-0.2, 0) is 11.3 Å². The van der Waals surface area contributed by atoms with Crippen molar-refractivity contribution in [3.63, 3.8) is 0 Å². The molecule has 0 saturated carbocycles. The van der Waals surface area contributed by atoms with Crippen molar-refractivity contribution in [1.29, 1.82) is 0 Å². The van der Waals surface area contributed by atoms with E-state index < -0.39 is 0 Å². The van der Waals surface area contributed by atoms with Crippen LogP contribution in [-0.4, -0.2) is 44.1 Å². The summed E-state index contributed by atoms with van der Waals surface area (Å²) in [5, 5.41) is 12.2. The summed E-state index contributed by atoms with van der Waals surface area (Å²) >= 11 is 1.39. The van der Waals surface area contributed by atoms with Crippen LogP contribution in [0.5, 0.6) is 0 Å². The van der Waals surface area contributed by atoms with Crippen LogP contribution in [0.4, 0.5) is 0 Å². The smallest absolute Gasteiger partial charge is 0.240 e. The minimum absolute atomic E-state index is 0.124. The lowest BCUT2D eigenvalue weighted by atomic mass is 10.1. The average molecular weight is 383 g/mol. The molecule has 3 heterocycles. The Kier molecular flexibility index (Phi) is 5.53. The number of tetrazole rings is 1. The third kappa shape index (κ3) is 4.21. The highest BCUT2D eigenvalue weighted by molar-refractivity contribution is 8.00. The Bertz CT molecular complexity index is 859. The predicted octanol–water partition coefficient (Wildman–Crippen LogP) is 3.16. The van der Waals surface area contributed by atoms with Crippen molar-refractivity contribution >= 4 is 17.7 Å². The molecule has 0 radical (unpaired) electrons. The molecule has 0 aliphatic carbocycles. The zero-order chi connectivity index (χ0) is 18.5. The number of nitrogens with zero attached hydrogens (tertiary/aromatic N) is 5. The zero-order valence-corrected chi connectivity index (χ0v) is 15.7. The van der Waals surface area contributed by atoms with E-state index >= 15 is 0 Å². The molecule has 1 saturated heterocycles. The number of rotatable bonds is 6. The SMILES string of the molecule is O=C([C@H](Sc1nnnn1Cc1ccco1)c1ccccc1)N1CCCCC1. The van der Waals surface area contributed by atoms with E-state index in [2.05, 4.69) is 15.5 Å². The Morgan fingerprint density at radius 1 is 1.11 bits per heavy atom. The highest BCUT2D eigenvalue weighted by Gasteiger charge is 2.29. The first-order chi connectivity index (χ1) is 13.3. The molecule has 2 aromatic heterocycles. The van der Waals surface area contributed by atoms with E-state index in [0.717, 1.165) is 37.3 Å². The van der Waals surface area contributed by atoms with Crippen LogP contribution in [0.15, 0.2) is 58.3 Å². The van der Waals surface area contributed by atoms with E-state index in [0.29, 0.717) is 11.7 Å². The van der Waals surface area contributed by atoms with Crippen molar-refractivity contribution < 1.29 is 9.21 Å².